The lowest BCUT2D eigenvalue weighted by atomic mass is 9.85. The first-order valence-electron chi connectivity index (χ1n) is 9.42. The SMILES string of the molecule is O=C(Nc1ccc(NC(=O)C2CC3CCCCC3N2)cc1)NC1CC1. The van der Waals surface area contributed by atoms with Crippen LogP contribution in [-0.4, -0.2) is 30.1 Å². The van der Waals surface area contributed by atoms with Crippen molar-refractivity contribution < 1.29 is 9.59 Å². The number of nitrogens with one attached hydrogen (secondary N) is 4. The zero-order valence-electron chi connectivity index (χ0n) is 14.4. The number of urea groups is 1. The predicted molar refractivity (Wildman–Crippen MR) is 97.5 cm³/mol. The molecule has 3 fully saturated rings. The van der Waals surface area contributed by atoms with Crippen LogP contribution in [0.3, 0.4) is 0 Å². The molecule has 6 nitrogen and oxygen atoms in total. The fourth-order valence-corrected chi connectivity index (χ4v) is 3.97. The fraction of sp³-hybridized carbons (Fsp3) is 0.579. The Morgan fingerprint density at radius 3 is 2.28 bits per heavy atom. The molecule has 0 spiro atoms. The molecule has 25 heavy (non-hydrogen) atoms. The van der Waals surface area contributed by atoms with Gasteiger partial charge in [0.25, 0.3) is 0 Å². The van der Waals surface area contributed by atoms with Crippen molar-refractivity contribution in [2.45, 2.75) is 63.1 Å². The number of fused-ring (bicyclic) bond motifs is 1. The second kappa shape index (κ2) is 7.04. The number of anilines is 2. The van der Waals surface area contributed by atoms with E-state index in [2.05, 4.69) is 21.3 Å². The molecule has 1 saturated heterocycles. The van der Waals surface area contributed by atoms with E-state index >= 15 is 0 Å². The minimum absolute atomic E-state index is 0.0431. The van der Waals surface area contributed by atoms with Gasteiger partial charge < -0.3 is 21.3 Å². The van der Waals surface area contributed by atoms with Crippen LogP contribution in [0.25, 0.3) is 0 Å². The molecule has 1 aromatic carbocycles. The molecular formula is C19H26N4O2. The number of carbonyl (C=O) groups is 2. The molecule has 3 amide bonds. The first-order valence-corrected chi connectivity index (χ1v) is 9.42. The molecule has 134 valence electrons. The summed E-state index contributed by atoms with van der Waals surface area (Å²) in [5.41, 5.74) is 1.48. The van der Waals surface area contributed by atoms with Crippen LogP contribution in [0.15, 0.2) is 24.3 Å². The molecule has 0 bridgehead atoms. The summed E-state index contributed by atoms with van der Waals surface area (Å²) in [6.07, 6.45) is 8.07. The maximum Gasteiger partial charge on any atom is 0.319 e. The van der Waals surface area contributed by atoms with E-state index in [1.54, 1.807) is 0 Å². The van der Waals surface area contributed by atoms with Crippen molar-refractivity contribution in [1.82, 2.24) is 10.6 Å². The van der Waals surface area contributed by atoms with Crippen molar-refractivity contribution in [3.63, 3.8) is 0 Å². The lowest BCUT2D eigenvalue weighted by Gasteiger charge is -2.24. The lowest BCUT2D eigenvalue weighted by molar-refractivity contribution is -0.117. The average Bonchev–Trinajstić information content (AvgIpc) is 3.30. The fourth-order valence-electron chi connectivity index (χ4n) is 3.97. The zero-order valence-corrected chi connectivity index (χ0v) is 14.4. The van der Waals surface area contributed by atoms with Crippen LogP contribution in [0.2, 0.25) is 0 Å². The van der Waals surface area contributed by atoms with E-state index in [1.165, 1.54) is 25.7 Å². The highest BCUT2D eigenvalue weighted by molar-refractivity contribution is 5.95. The van der Waals surface area contributed by atoms with Gasteiger partial charge in [0.15, 0.2) is 0 Å². The number of hydrogen-bond donors (Lipinski definition) is 4. The number of carbonyl (C=O) groups excluding carboxylic acids is 2. The summed E-state index contributed by atoms with van der Waals surface area (Å²) in [6.45, 7) is 0. The molecule has 4 N–H and O–H groups in total. The van der Waals surface area contributed by atoms with Crippen molar-refractivity contribution in [3.05, 3.63) is 24.3 Å². The second-order valence-corrected chi connectivity index (χ2v) is 7.55. The number of hydrogen-bond acceptors (Lipinski definition) is 3. The van der Waals surface area contributed by atoms with Gasteiger partial charge in [-0.05, 0) is 62.3 Å². The van der Waals surface area contributed by atoms with Gasteiger partial charge >= 0.3 is 6.03 Å². The smallest absolute Gasteiger partial charge is 0.319 e. The van der Waals surface area contributed by atoms with Crippen molar-refractivity contribution in [2.75, 3.05) is 10.6 Å². The van der Waals surface area contributed by atoms with E-state index in [4.69, 9.17) is 0 Å². The summed E-state index contributed by atoms with van der Waals surface area (Å²) in [7, 11) is 0. The standard InChI is InChI=1S/C19H26N4O2/c24-18(17-11-12-3-1-2-4-16(12)23-17)20-13-5-7-14(8-6-13)21-19(25)22-15-9-10-15/h5-8,12,15-17,23H,1-4,9-11H2,(H,20,24)(H2,21,22,25). The number of rotatable bonds is 4. The quantitative estimate of drug-likeness (QED) is 0.679. The third-order valence-electron chi connectivity index (χ3n) is 5.50. The third-order valence-corrected chi connectivity index (χ3v) is 5.50. The highest BCUT2D eigenvalue weighted by atomic mass is 16.2. The van der Waals surface area contributed by atoms with Crippen LogP contribution in [-0.2, 0) is 4.79 Å². The highest BCUT2D eigenvalue weighted by Crippen LogP contribution is 2.33. The van der Waals surface area contributed by atoms with Crippen LogP contribution in [0.1, 0.15) is 44.9 Å². The molecule has 2 aliphatic carbocycles. The Balaban J connectivity index is 1.28. The Hall–Kier alpha value is -2.08. The summed E-state index contributed by atoms with van der Waals surface area (Å²) in [4.78, 5) is 24.2. The minimum atomic E-state index is -0.169. The van der Waals surface area contributed by atoms with E-state index in [9.17, 15) is 9.59 Å². The Kier molecular flexibility index (Phi) is 4.61. The molecule has 3 unspecified atom stereocenters. The third kappa shape index (κ3) is 4.12. The molecule has 1 aromatic rings. The van der Waals surface area contributed by atoms with Crippen LogP contribution >= 0.6 is 0 Å². The molecule has 1 heterocycles. The molecule has 3 atom stereocenters. The van der Waals surface area contributed by atoms with Crippen LogP contribution in [0, 0.1) is 5.92 Å². The maximum absolute atomic E-state index is 12.5. The topological polar surface area (TPSA) is 82.3 Å². The predicted octanol–water partition coefficient (Wildman–Crippen LogP) is 2.83. The van der Waals surface area contributed by atoms with Gasteiger partial charge in [-0.2, -0.15) is 0 Å². The van der Waals surface area contributed by atoms with Gasteiger partial charge in [-0.25, -0.2) is 4.79 Å². The summed E-state index contributed by atoms with van der Waals surface area (Å²) >= 11 is 0. The summed E-state index contributed by atoms with van der Waals surface area (Å²) in [5, 5.41) is 12.2. The molecule has 0 radical (unpaired) electrons. The molecule has 4 rings (SSSR count). The average molecular weight is 342 g/mol. The van der Waals surface area contributed by atoms with Crippen LogP contribution in [0.4, 0.5) is 16.2 Å². The van der Waals surface area contributed by atoms with Gasteiger partial charge in [0.05, 0.1) is 6.04 Å². The molecule has 6 heteroatoms. The lowest BCUT2D eigenvalue weighted by Crippen LogP contribution is -2.39. The van der Waals surface area contributed by atoms with E-state index in [0.717, 1.165) is 30.6 Å². The number of amides is 3. The van der Waals surface area contributed by atoms with Crippen molar-refractivity contribution in [2.24, 2.45) is 5.92 Å². The van der Waals surface area contributed by atoms with Gasteiger partial charge in [0, 0.05) is 23.5 Å². The molecule has 0 aromatic heterocycles. The first kappa shape index (κ1) is 16.4. The van der Waals surface area contributed by atoms with Crippen molar-refractivity contribution in [3.8, 4) is 0 Å². The normalized spacial score (nSPS) is 28.1. The van der Waals surface area contributed by atoms with Gasteiger partial charge in [0.1, 0.15) is 0 Å². The monoisotopic (exact) mass is 342 g/mol. The van der Waals surface area contributed by atoms with Gasteiger partial charge in [0.2, 0.25) is 5.91 Å². The van der Waals surface area contributed by atoms with E-state index in [1.807, 2.05) is 24.3 Å². The van der Waals surface area contributed by atoms with Crippen LogP contribution in [0.5, 0.6) is 0 Å². The first-order chi connectivity index (χ1) is 12.2. The van der Waals surface area contributed by atoms with Crippen molar-refractivity contribution >= 4 is 23.3 Å². The molecule has 3 aliphatic rings. The zero-order chi connectivity index (χ0) is 17.2. The molecular weight excluding hydrogens is 316 g/mol. The van der Waals surface area contributed by atoms with Gasteiger partial charge in [-0.3, -0.25) is 4.79 Å². The second-order valence-electron chi connectivity index (χ2n) is 7.55. The van der Waals surface area contributed by atoms with Gasteiger partial charge in [-0.15, -0.1) is 0 Å². The number of benzene rings is 1. The Morgan fingerprint density at radius 2 is 1.60 bits per heavy atom. The van der Waals surface area contributed by atoms with E-state index in [-0.39, 0.29) is 18.0 Å². The Bertz CT molecular complexity index is 627. The Morgan fingerprint density at radius 1 is 0.920 bits per heavy atom. The minimum Gasteiger partial charge on any atom is -0.335 e. The van der Waals surface area contributed by atoms with Crippen LogP contribution < -0.4 is 21.3 Å². The summed E-state index contributed by atoms with van der Waals surface area (Å²) in [6, 6.07) is 7.86. The van der Waals surface area contributed by atoms with Gasteiger partial charge in [-0.1, -0.05) is 12.8 Å². The summed E-state index contributed by atoms with van der Waals surface area (Å²) < 4.78 is 0. The maximum atomic E-state index is 12.5. The molecule has 2 saturated carbocycles. The largest absolute Gasteiger partial charge is 0.335 e. The van der Waals surface area contributed by atoms with E-state index < -0.39 is 0 Å². The molecule has 1 aliphatic heterocycles. The van der Waals surface area contributed by atoms with E-state index in [0.29, 0.717) is 18.0 Å². The van der Waals surface area contributed by atoms with Crippen molar-refractivity contribution in [1.29, 1.82) is 0 Å². The summed E-state index contributed by atoms with van der Waals surface area (Å²) in [5.74, 6) is 0.697. The Labute approximate surface area is 148 Å². The highest BCUT2D eigenvalue weighted by Gasteiger charge is 2.38.